The Hall–Kier alpha value is -2.33. The summed E-state index contributed by atoms with van der Waals surface area (Å²) in [7, 11) is -2.16. The first-order valence-electron chi connectivity index (χ1n) is 5.03. The van der Waals surface area contributed by atoms with E-state index in [-0.39, 0.29) is 4.90 Å². The molecule has 0 saturated carbocycles. The van der Waals surface area contributed by atoms with Crippen molar-refractivity contribution in [2.75, 3.05) is 11.4 Å². The van der Waals surface area contributed by atoms with Crippen LogP contribution in [0.25, 0.3) is 0 Å². The zero-order valence-corrected chi connectivity index (χ0v) is 10.3. The summed E-state index contributed by atoms with van der Waals surface area (Å²) in [5.74, 6) is 0. The smallest absolute Gasteiger partial charge is 0.267 e. The molecule has 0 unspecified atom stereocenters. The van der Waals surface area contributed by atoms with Gasteiger partial charge >= 0.3 is 0 Å². The van der Waals surface area contributed by atoms with E-state index in [4.69, 9.17) is 5.26 Å². The molecular formula is C11H10N4O2S. The molecule has 0 aliphatic rings. The number of H-pyrrole nitrogens is 1. The van der Waals surface area contributed by atoms with E-state index in [9.17, 15) is 8.42 Å². The lowest BCUT2D eigenvalue weighted by Gasteiger charge is -2.18. The summed E-state index contributed by atoms with van der Waals surface area (Å²) in [5, 5.41) is 14.8. The highest BCUT2D eigenvalue weighted by Crippen LogP contribution is 2.21. The lowest BCUT2D eigenvalue weighted by Crippen LogP contribution is -2.26. The molecule has 0 radical (unpaired) electrons. The van der Waals surface area contributed by atoms with E-state index in [1.807, 2.05) is 6.07 Å². The molecule has 1 heterocycles. The molecule has 1 aromatic heterocycles. The third-order valence-electron chi connectivity index (χ3n) is 2.49. The van der Waals surface area contributed by atoms with Crippen LogP contribution in [0.5, 0.6) is 0 Å². The van der Waals surface area contributed by atoms with Gasteiger partial charge in [-0.2, -0.15) is 10.4 Å². The van der Waals surface area contributed by atoms with Crippen LogP contribution in [0.2, 0.25) is 0 Å². The predicted molar refractivity (Wildman–Crippen MR) is 65.3 cm³/mol. The van der Waals surface area contributed by atoms with E-state index < -0.39 is 10.0 Å². The van der Waals surface area contributed by atoms with Crippen molar-refractivity contribution < 1.29 is 8.42 Å². The summed E-state index contributed by atoms with van der Waals surface area (Å²) in [6.07, 6.45) is 2.56. The fraction of sp³-hybridized carbons (Fsp3) is 0.0909. The maximum absolute atomic E-state index is 12.1. The van der Waals surface area contributed by atoms with Gasteiger partial charge < -0.3 is 0 Å². The standard InChI is InChI=1S/C11H10N4O2S/c1-15(10-4-2-9(6-12)3-5-10)18(16,17)11-7-13-14-8-11/h2-5,7-8H,1H3,(H,13,14). The number of sulfonamides is 1. The highest BCUT2D eigenvalue weighted by atomic mass is 32.2. The van der Waals surface area contributed by atoms with Crippen molar-refractivity contribution in [2.24, 2.45) is 0 Å². The van der Waals surface area contributed by atoms with Gasteiger partial charge in [-0.1, -0.05) is 0 Å². The number of nitrogens with one attached hydrogen (secondary N) is 1. The molecule has 7 heteroatoms. The molecule has 0 bridgehead atoms. The van der Waals surface area contributed by atoms with Crippen molar-refractivity contribution in [1.29, 1.82) is 5.26 Å². The third-order valence-corrected chi connectivity index (χ3v) is 4.24. The number of benzene rings is 1. The first-order valence-corrected chi connectivity index (χ1v) is 6.47. The van der Waals surface area contributed by atoms with Crippen molar-refractivity contribution in [3.8, 4) is 6.07 Å². The average molecular weight is 262 g/mol. The summed E-state index contributed by atoms with van der Waals surface area (Å²) >= 11 is 0. The first kappa shape index (κ1) is 12.1. The molecule has 0 aliphatic heterocycles. The van der Waals surface area contributed by atoms with Crippen LogP contribution in [-0.4, -0.2) is 25.7 Å². The highest BCUT2D eigenvalue weighted by molar-refractivity contribution is 7.92. The minimum absolute atomic E-state index is 0.0920. The van der Waals surface area contributed by atoms with Crippen LogP contribution in [0.1, 0.15) is 5.56 Å². The molecule has 0 atom stereocenters. The summed E-state index contributed by atoms with van der Waals surface area (Å²) in [4.78, 5) is 0.0920. The largest absolute Gasteiger partial charge is 0.284 e. The Balaban J connectivity index is 2.37. The monoisotopic (exact) mass is 262 g/mol. The van der Waals surface area contributed by atoms with Crippen LogP contribution in [0.3, 0.4) is 0 Å². The highest BCUT2D eigenvalue weighted by Gasteiger charge is 2.22. The number of aromatic amines is 1. The number of anilines is 1. The van der Waals surface area contributed by atoms with Gasteiger partial charge in [-0.05, 0) is 24.3 Å². The third kappa shape index (κ3) is 2.06. The Morgan fingerprint density at radius 2 is 2.00 bits per heavy atom. The fourth-order valence-corrected chi connectivity index (χ4v) is 2.53. The summed E-state index contributed by atoms with van der Waals surface area (Å²) in [5.41, 5.74) is 0.961. The Labute approximate surface area is 105 Å². The number of hydrogen-bond donors (Lipinski definition) is 1. The maximum Gasteiger partial charge on any atom is 0.267 e. The van der Waals surface area contributed by atoms with Gasteiger partial charge in [-0.15, -0.1) is 0 Å². The second kappa shape index (κ2) is 4.50. The van der Waals surface area contributed by atoms with Crippen LogP contribution in [-0.2, 0) is 10.0 Å². The van der Waals surface area contributed by atoms with E-state index >= 15 is 0 Å². The number of nitriles is 1. The second-order valence-corrected chi connectivity index (χ2v) is 5.53. The fourth-order valence-electron chi connectivity index (χ4n) is 1.42. The summed E-state index contributed by atoms with van der Waals surface area (Å²) in [6.45, 7) is 0. The van der Waals surface area contributed by atoms with E-state index in [1.165, 1.54) is 19.4 Å². The minimum atomic E-state index is -3.61. The van der Waals surface area contributed by atoms with Gasteiger partial charge in [0.15, 0.2) is 0 Å². The molecule has 2 rings (SSSR count). The molecular weight excluding hydrogens is 252 g/mol. The molecule has 1 aromatic carbocycles. The molecule has 6 nitrogen and oxygen atoms in total. The van der Waals surface area contributed by atoms with Gasteiger partial charge in [-0.25, -0.2) is 8.42 Å². The van der Waals surface area contributed by atoms with Gasteiger partial charge in [0.2, 0.25) is 0 Å². The molecule has 0 spiro atoms. The maximum atomic E-state index is 12.1. The van der Waals surface area contributed by atoms with Crippen LogP contribution >= 0.6 is 0 Å². The predicted octanol–water partition coefficient (Wildman–Crippen LogP) is 1.11. The molecule has 0 amide bonds. The van der Waals surface area contributed by atoms with Gasteiger partial charge in [0.25, 0.3) is 10.0 Å². The van der Waals surface area contributed by atoms with Crippen molar-refractivity contribution in [2.45, 2.75) is 4.90 Å². The van der Waals surface area contributed by atoms with E-state index in [2.05, 4.69) is 10.2 Å². The zero-order chi connectivity index (χ0) is 13.2. The lowest BCUT2D eigenvalue weighted by molar-refractivity contribution is 0.594. The SMILES string of the molecule is CN(c1ccc(C#N)cc1)S(=O)(=O)c1cn[nH]c1. The molecule has 18 heavy (non-hydrogen) atoms. The minimum Gasteiger partial charge on any atom is -0.284 e. The number of hydrogen-bond acceptors (Lipinski definition) is 4. The topological polar surface area (TPSA) is 89.8 Å². The quantitative estimate of drug-likeness (QED) is 0.897. The number of nitrogens with zero attached hydrogens (tertiary/aromatic N) is 3. The Bertz CT molecular complexity index is 669. The van der Waals surface area contributed by atoms with Gasteiger partial charge in [0, 0.05) is 13.2 Å². The second-order valence-electron chi connectivity index (χ2n) is 3.57. The van der Waals surface area contributed by atoms with E-state index in [0.717, 1.165) is 4.31 Å². The van der Waals surface area contributed by atoms with Crippen LogP contribution in [0, 0.1) is 11.3 Å². The van der Waals surface area contributed by atoms with Crippen molar-refractivity contribution >= 4 is 15.7 Å². The van der Waals surface area contributed by atoms with Crippen molar-refractivity contribution in [3.63, 3.8) is 0 Å². The van der Waals surface area contributed by atoms with Crippen LogP contribution in [0.15, 0.2) is 41.6 Å². The average Bonchev–Trinajstić information content (AvgIpc) is 2.92. The first-order chi connectivity index (χ1) is 8.55. The van der Waals surface area contributed by atoms with Gasteiger partial charge in [0.1, 0.15) is 4.90 Å². The summed E-state index contributed by atoms with van der Waals surface area (Å²) < 4.78 is 25.4. The normalized spacial score (nSPS) is 10.9. The molecule has 0 saturated heterocycles. The Morgan fingerprint density at radius 1 is 1.33 bits per heavy atom. The molecule has 2 aromatic rings. The Morgan fingerprint density at radius 3 is 2.50 bits per heavy atom. The van der Waals surface area contributed by atoms with Crippen LogP contribution < -0.4 is 4.31 Å². The van der Waals surface area contributed by atoms with Crippen molar-refractivity contribution in [1.82, 2.24) is 10.2 Å². The van der Waals surface area contributed by atoms with Crippen molar-refractivity contribution in [3.05, 3.63) is 42.2 Å². The van der Waals surface area contributed by atoms with E-state index in [1.54, 1.807) is 24.3 Å². The van der Waals surface area contributed by atoms with Crippen LogP contribution in [0.4, 0.5) is 5.69 Å². The van der Waals surface area contributed by atoms with Gasteiger partial charge in [-0.3, -0.25) is 9.40 Å². The molecule has 0 aliphatic carbocycles. The lowest BCUT2D eigenvalue weighted by atomic mass is 10.2. The molecule has 92 valence electrons. The molecule has 1 N–H and O–H groups in total. The van der Waals surface area contributed by atoms with Gasteiger partial charge in [0.05, 0.1) is 23.5 Å². The number of rotatable bonds is 3. The summed E-state index contributed by atoms with van der Waals surface area (Å²) in [6, 6.07) is 8.27. The zero-order valence-electron chi connectivity index (χ0n) is 9.53. The number of aromatic nitrogens is 2. The Kier molecular flexibility index (Phi) is 3.04. The molecule has 0 fully saturated rings. The van der Waals surface area contributed by atoms with E-state index in [0.29, 0.717) is 11.3 Å².